The zero-order valence-corrected chi connectivity index (χ0v) is 11.8. The maximum absolute atomic E-state index is 12.3. The molecule has 0 atom stereocenters. The number of anilines is 2. The monoisotopic (exact) mass is 291 g/mol. The molecule has 0 fully saturated rings. The Hall–Kier alpha value is -2.41. The standard InChI is InChI=1S/C13H13N3O3S/c1-7-15-10(6-20-7)12(17)16(2)11-4-3-8(14)5-9(11)13(18)19/h3-6H,14H2,1-2H3,(H,18,19). The Labute approximate surface area is 119 Å². The maximum Gasteiger partial charge on any atom is 0.337 e. The van der Waals surface area contributed by atoms with E-state index in [1.807, 2.05) is 0 Å². The molecule has 0 unspecified atom stereocenters. The first-order chi connectivity index (χ1) is 9.40. The molecule has 0 aliphatic rings. The van der Waals surface area contributed by atoms with Crippen molar-refractivity contribution in [3.8, 4) is 0 Å². The van der Waals surface area contributed by atoms with Gasteiger partial charge in [-0.25, -0.2) is 9.78 Å². The van der Waals surface area contributed by atoms with Crippen molar-refractivity contribution in [3.63, 3.8) is 0 Å². The fraction of sp³-hybridized carbons (Fsp3) is 0.154. The number of thiazole rings is 1. The van der Waals surface area contributed by atoms with Gasteiger partial charge >= 0.3 is 5.97 Å². The summed E-state index contributed by atoms with van der Waals surface area (Å²) in [6.07, 6.45) is 0. The van der Waals surface area contributed by atoms with Gasteiger partial charge in [-0.15, -0.1) is 11.3 Å². The Bertz CT molecular complexity index is 681. The molecule has 7 heteroatoms. The van der Waals surface area contributed by atoms with Crippen LogP contribution < -0.4 is 10.6 Å². The number of benzene rings is 1. The van der Waals surface area contributed by atoms with Gasteiger partial charge in [-0.1, -0.05) is 0 Å². The first kappa shape index (κ1) is 14.0. The van der Waals surface area contributed by atoms with Crippen molar-refractivity contribution in [2.75, 3.05) is 17.7 Å². The van der Waals surface area contributed by atoms with Crippen molar-refractivity contribution >= 4 is 34.6 Å². The number of amides is 1. The van der Waals surface area contributed by atoms with E-state index in [-0.39, 0.29) is 17.2 Å². The van der Waals surface area contributed by atoms with E-state index < -0.39 is 5.97 Å². The Morgan fingerprint density at radius 1 is 1.40 bits per heavy atom. The topological polar surface area (TPSA) is 96.5 Å². The number of nitrogen functional groups attached to an aromatic ring is 1. The molecule has 104 valence electrons. The van der Waals surface area contributed by atoms with Crippen LogP contribution in [0.5, 0.6) is 0 Å². The molecule has 1 amide bonds. The van der Waals surface area contributed by atoms with Gasteiger partial charge in [0.2, 0.25) is 0 Å². The third kappa shape index (κ3) is 2.62. The van der Waals surface area contributed by atoms with Crippen LogP contribution in [0.15, 0.2) is 23.6 Å². The van der Waals surface area contributed by atoms with Crippen LogP contribution in [-0.4, -0.2) is 29.0 Å². The van der Waals surface area contributed by atoms with Gasteiger partial charge in [0.05, 0.1) is 16.3 Å². The van der Waals surface area contributed by atoms with Gasteiger partial charge in [-0.2, -0.15) is 0 Å². The van der Waals surface area contributed by atoms with E-state index in [1.165, 1.54) is 35.4 Å². The largest absolute Gasteiger partial charge is 0.478 e. The number of aromatic carboxylic acids is 1. The van der Waals surface area contributed by atoms with Gasteiger partial charge in [0, 0.05) is 18.1 Å². The average Bonchev–Trinajstić information content (AvgIpc) is 2.83. The summed E-state index contributed by atoms with van der Waals surface area (Å²) in [5.41, 5.74) is 6.46. The van der Waals surface area contributed by atoms with Crippen molar-refractivity contribution in [3.05, 3.63) is 39.8 Å². The van der Waals surface area contributed by atoms with Crippen molar-refractivity contribution in [2.45, 2.75) is 6.92 Å². The molecule has 0 spiro atoms. The average molecular weight is 291 g/mol. The van der Waals surface area contributed by atoms with Crippen LogP contribution in [0.1, 0.15) is 25.9 Å². The van der Waals surface area contributed by atoms with Crippen LogP contribution in [0, 0.1) is 6.92 Å². The molecule has 0 aliphatic carbocycles. The van der Waals surface area contributed by atoms with E-state index in [9.17, 15) is 14.7 Å². The highest BCUT2D eigenvalue weighted by molar-refractivity contribution is 7.09. The summed E-state index contributed by atoms with van der Waals surface area (Å²) in [6.45, 7) is 1.80. The van der Waals surface area contributed by atoms with Crippen molar-refractivity contribution < 1.29 is 14.7 Å². The first-order valence-corrected chi connectivity index (χ1v) is 6.61. The summed E-state index contributed by atoms with van der Waals surface area (Å²) in [5, 5.41) is 11.6. The minimum atomic E-state index is -1.14. The predicted molar refractivity (Wildman–Crippen MR) is 77.4 cm³/mol. The molecular weight excluding hydrogens is 278 g/mol. The fourth-order valence-corrected chi connectivity index (χ4v) is 2.35. The lowest BCUT2D eigenvalue weighted by Gasteiger charge is -2.18. The number of hydrogen-bond acceptors (Lipinski definition) is 5. The summed E-state index contributed by atoms with van der Waals surface area (Å²) in [6, 6.07) is 4.39. The molecule has 0 saturated carbocycles. The van der Waals surface area contributed by atoms with Crippen molar-refractivity contribution in [1.29, 1.82) is 0 Å². The second-order valence-electron chi connectivity index (χ2n) is 4.20. The minimum Gasteiger partial charge on any atom is -0.478 e. The number of nitrogens with two attached hydrogens (primary N) is 1. The van der Waals surface area contributed by atoms with Crippen LogP contribution in [0.2, 0.25) is 0 Å². The van der Waals surface area contributed by atoms with E-state index in [4.69, 9.17) is 5.73 Å². The third-order valence-corrected chi connectivity index (χ3v) is 3.53. The number of carboxylic acid groups (broad SMARTS) is 1. The molecule has 0 radical (unpaired) electrons. The lowest BCUT2D eigenvalue weighted by Crippen LogP contribution is -2.28. The second kappa shape index (κ2) is 5.30. The molecule has 0 bridgehead atoms. The maximum atomic E-state index is 12.3. The minimum absolute atomic E-state index is 0.0206. The van der Waals surface area contributed by atoms with Crippen molar-refractivity contribution in [2.24, 2.45) is 0 Å². The van der Waals surface area contributed by atoms with Crippen LogP contribution in [0.3, 0.4) is 0 Å². The Morgan fingerprint density at radius 2 is 2.10 bits per heavy atom. The molecule has 0 saturated heterocycles. The van der Waals surface area contributed by atoms with Gasteiger partial charge in [0.1, 0.15) is 5.69 Å². The van der Waals surface area contributed by atoms with Gasteiger partial charge in [-0.05, 0) is 25.1 Å². The van der Waals surface area contributed by atoms with Gasteiger partial charge in [-0.3, -0.25) is 4.79 Å². The molecule has 1 aromatic heterocycles. The molecule has 3 N–H and O–H groups in total. The number of nitrogens with zero attached hydrogens (tertiary/aromatic N) is 2. The molecule has 2 rings (SSSR count). The third-order valence-electron chi connectivity index (χ3n) is 2.76. The molecule has 6 nitrogen and oxygen atoms in total. The molecule has 1 aromatic carbocycles. The Kier molecular flexibility index (Phi) is 3.71. The van der Waals surface area contributed by atoms with Crippen LogP contribution in [0.4, 0.5) is 11.4 Å². The Balaban J connectivity index is 2.40. The molecule has 1 heterocycles. The lowest BCUT2D eigenvalue weighted by molar-refractivity contribution is 0.0698. The highest BCUT2D eigenvalue weighted by atomic mass is 32.1. The summed E-state index contributed by atoms with van der Waals surface area (Å²) in [7, 11) is 1.51. The fourth-order valence-electron chi connectivity index (χ4n) is 1.76. The molecule has 2 aromatic rings. The van der Waals surface area contributed by atoms with Gasteiger partial charge in [0.15, 0.2) is 0 Å². The smallest absolute Gasteiger partial charge is 0.337 e. The number of carboxylic acids is 1. The highest BCUT2D eigenvalue weighted by Crippen LogP contribution is 2.24. The normalized spacial score (nSPS) is 10.3. The number of hydrogen-bond donors (Lipinski definition) is 2. The van der Waals surface area contributed by atoms with E-state index in [0.29, 0.717) is 11.4 Å². The van der Waals surface area contributed by atoms with E-state index in [2.05, 4.69) is 4.98 Å². The summed E-state index contributed by atoms with van der Waals surface area (Å²) in [4.78, 5) is 28.9. The summed E-state index contributed by atoms with van der Waals surface area (Å²) in [5.74, 6) is -1.50. The zero-order valence-electron chi connectivity index (χ0n) is 11.0. The number of carbonyl (C=O) groups excluding carboxylic acids is 1. The SMILES string of the molecule is Cc1nc(C(=O)N(C)c2ccc(N)cc2C(=O)O)cs1. The van der Waals surface area contributed by atoms with Gasteiger partial charge < -0.3 is 15.7 Å². The second-order valence-corrected chi connectivity index (χ2v) is 5.26. The molecule has 20 heavy (non-hydrogen) atoms. The predicted octanol–water partition coefficient (Wildman–Crippen LogP) is 2.01. The number of carbonyl (C=O) groups is 2. The molecular formula is C13H13N3O3S. The van der Waals surface area contributed by atoms with Crippen LogP contribution in [0.25, 0.3) is 0 Å². The number of rotatable bonds is 3. The highest BCUT2D eigenvalue weighted by Gasteiger charge is 2.21. The lowest BCUT2D eigenvalue weighted by atomic mass is 10.1. The van der Waals surface area contributed by atoms with Crippen molar-refractivity contribution in [1.82, 2.24) is 4.98 Å². The first-order valence-electron chi connectivity index (χ1n) is 5.73. The Morgan fingerprint density at radius 3 is 2.65 bits per heavy atom. The zero-order chi connectivity index (χ0) is 14.9. The summed E-state index contributed by atoms with van der Waals surface area (Å²) >= 11 is 1.36. The van der Waals surface area contributed by atoms with Gasteiger partial charge in [0.25, 0.3) is 5.91 Å². The van der Waals surface area contributed by atoms with E-state index in [1.54, 1.807) is 18.4 Å². The quantitative estimate of drug-likeness (QED) is 0.843. The van der Waals surface area contributed by atoms with E-state index >= 15 is 0 Å². The molecule has 0 aliphatic heterocycles. The summed E-state index contributed by atoms with van der Waals surface area (Å²) < 4.78 is 0. The van der Waals surface area contributed by atoms with Crippen LogP contribution >= 0.6 is 11.3 Å². The van der Waals surface area contributed by atoms with Crippen LogP contribution in [-0.2, 0) is 0 Å². The van der Waals surface area contributed by atoms with E-state index in [0.717, 1.165) is 5.01 Å². The number of aryl methyl sites for hydroxylation is 1. The number of aromatic nitrogens is 1.